The standard InChI is InChI=1S/C10H8IN3O2/c11-7-2-1-3-9(4-7)14-6-8(12-13-14)5-10(15)16/h1-4,6H,5H2,(H,15,16). The Bertz CT molecular complexity index is 524. The summed E-state index contributed by atoms with van der Waals surface area (Å²) in [5.74, 6) is -0.908. The van der Waals surface area contributed by atoms with E-state index in [1.807, 2.05) is 24.3 Å². The Morgan fingerprint density at radius 2 is 2.31 bits per heavy atom. The van der Waals surface area contributed by atoms with Gasteiger partial charge in [-0.1, -0.05) is 11.3 Å². The van der Waals surface area contributed by atoms with Crippen molar-refractivity contribution >= 4 is 28.6 Å². The average Bonchev–Trinajstić information content (AvgIpc) is 2.65. The third kappa shape index (κ3) is 2.57. The van der Waals surface area contributed by atoms with E-state index in [-0.39, 0.29) is 6.42 Å². The minimum atomic E-state index is -0.908. The van der Waals surface area contributed by atoms with Crippen molar-refractivity contribution < 1.29 is 9.90 Å². The van der Waals surface area contributed by atoms with Crippen LogP contribution in [0.3, 0.4) is 0 Å². The van der Waals surface area contributed by atoms with Crippen LogP contribution in [0.25, 0.3) is 5.69 Å². The van der Waals surface area contributed by atoms with E-state index in [2.05, 4.69) is 32.9 Å². The largest absolute Gasteiger partial charge is 0.481 e. The number of hydrogen-bond acceptors (Lipinski definition) is 3. The van der Waals surface area contributed by atoms with Crippen LogP contribution in [-0.2, 0) is 11.2 Å². The van der Waals surface area contributed by atoms with Gasteiger partial charge >= 0.3 is 5.97 Å². The summed E-state index contributed by atoms with van der Waals surface area (Å²) in [4.78, 5) is 10.5. The summed E-state index contributed by atoms with van der Waals surface area (Å²) in [5.41, 5.74) is 1.32. The summed E-state index contributed by atoms with van der Waals surface area (Å²) in [5, 5.41) is 16.3. The summed E-state index contributed by atoms with van der Waals surface area (Å²) in [7, 11) is 0. The number of rotatable bonds is 3. The minimum absolute atomic E-state index is 0.107. The van der Waals surface area contributed by atoms with Gasteiger partial charge in [-0.25, -0.2) is 4.68 Å². The van der Waals surface area contributed by atoms with E-state index in [1.54, 1.807) is 10.9 Å². The first kappa shape index (κ1) is 11.1. The minimum Gasteiger partial charge on any atom is -0.481 e. The summed E-state index contributed by atoms with van der Waals surface area (Å²) in [6, 6.07) is 7.72. The van der Waals surface area contributed by atoms with Gasteiger partial charge in [0.25, 0.3) is 0 Å². The van der Waals surface area contributed by atoms with Crippen LogP contribution in [0, 0.1) is 3.57 Å². The van der Waals surface area contributed by atoms with Crippen LogP contribution >= 0.6 is 22.6 Å². The maximum absolute atomic E-state index is 10.5. The molecule has 1 N–H and O–H groups in total. The molecule has 0 saturated carbocycles. The molecule has 0 aliphatic rings. The van der Waals surface area contributed by atoms with E-state index in [0.717, 1.165) is 9.26 Å². The molecule has 82 valence electrons. The lowest BCUT2D eigenvalue weighted by molar-refractivity contribution is -0.136. The zero-order valence-corrected chi connectivity index (χ0v) is 10.3. The second kappa shape index (κ2) is 4.60. The van der Waals surface area contributed by atoms with Gasteiger partial charge in [0.1, 0.15) is 0 Å². The van der Waals surface area contributed by atoms with Crippen molar-refractivity contribution in [2.45, 2.75) is 6.42 Å². The van der Waals surface area contributed by atoms with Gasteiger partial charge in [-0.05, 0) is 40.8 Å². The van der Waals surface area contributed by atoms with E-state index in [4.69, 9.17) is 5.11 Å². The topological polar surface area (TPSA) is 68.0 Å². The lowest BCUT2D eigenvalue weighted by Gasteiger charge is -1.99. The Morgan fingerprint density at radius 3 is 3.00 bits per heavy atom. The van der Waals surface area contributed by atoms with E-state index in [1.165, 1.54) is 0 Å². The third-order valence-corrected chi connectivity index (χ3v) is 2.62. The van der Waals surface area contributed by atoms with Gasteiger partial charge in [0.15, 0.2) is 0 Å². The summed E-state index contributed by atoms with van der Waals surface area (Å²) in [6.07, 6.45) is 1.52. The molecule has 2 rings (SSSR count). The Kier molecular flexibility index (Phi) is 3.18. The Balaban J connectivity index is 2.28. The van der Waals surface area contributed by atoms with Crippen molar-refractivity contribution in [3.05, 3.63) is 39.7 Å². The second-order valence-corrected chi connectivity index (χ2v) is 4.45. The smallest absolute Gasteiger partial charge is 0.309 e. The lowest BCUT2D eigenvalue weighted by atomic mass is 10.3. The van der Waals surface area contributed by atoms with E-state index >= 15 is 0 Å². The highest BCUT2D eigenvalue weighted by molar-refractivity contribution is 14.1. The number of carboxylic acids is 1. The molecule has 6 heteroatoms. The van der Waals surface area contributed by atoms with Crippen molar-refractivity contribution in [1.82, 2.24) is 15.0 Å². The Labute approximate surface area is 105 Å². The normalized spacial score (nSPS) is 10.3. The molecular weight excluding hydrogens is 321 g/mol. The van der Waals surface area contributed by atoms with Gasteiger partial charge < -0.3 is 5.11 Å². The molecule has 1 aromatic heterocycles. The van der Waals surface area contributed by atoms with Gasteiger partial charge in [-0.15, -0.1) is 5.10 Å². The number of aliphatic carboxylic acids is 1. The summed E-state index contributed by atoms with van der Waals surface area (Å²) in [6.45, 7) is 0. The molecule has 0 unspecified atom stereocenters. The number of carbonyl (C=O) groups is 1. The zero-order chi connectivity index (χ0) is 11.5. The van der Waals surface area contributed by atoms with E-state index in [9.17, 15) is 4.79 Å². The number of benzene rings is 1. The molecule has 1 aromatic carbocycles. The molecule has 0 atom stereocenters. The first-order valence-corrected chi connectivity index (χ1v) is 5.62. The average molecular weight is 329 g/mol. The molecular formula is C10H8IN3O2. The van der Waals surface area contributed by atoms with Crippen LogP contribution in [0.4, 0.5) is 0 Å². The van der Waals surface area contributed by atoms with Gasteiger partial charge in [-0.3, -0.25) is 4.79 Å². The number of nitrogens with zero attached hydrogens (tertiary/aromatic N) is 3. The van der Waals surface area contributed by atoms with Crippen molar-refractivity contribution in [3.8, 4) is 5.69 Å². The van der Waals surface area contributed by atoms with Gasteiger partial charge in [0.2, 0.25) is 0 Å². The molecule has 0 radical (unpaired) electrons. The van der Waals surface area contributed by atoms with Crippen LogP contribution in [0.5, 0.6) is 0 Å². The highest BCUT2D eigenvalue weighted by atomic mass is 127. The van der Waals surface area contributed by atoms with Gasteiger partial charge in [-0.2, -0.15) is 0 Å². The predicted molar refractivity (Wildman–Crippen MR) is 65.4 cm³/mol. The number of carboxylic acid groups (broad SMARTS) is 1. The molecule has 0 saturated heterocycles. The molecule has 0 fully saturated rings. The molecule has 0 aliphatic heterocycles. The van der Waals surface area contributed by atoms with Crippen LogP contribution in [0.1, 0.15) is 5.69 Å². The maximum atomic E-state index is 10.5. The second-order valence-electron chi connectivity index (χ2n) is 3.20. The molecule has 0 amide bonds. The SMILES string of the molecule is O=C(O)Cc1cn(-c2cccc(I)c2)nn1. The molecule has 2 aromatic rings. The van der Waals surface area contributed by atoms with Gasteiger partial charge in [0, 0.05) is 3.57 Å². The monoisotopic (exact) mass is 329 g/mol. The fourth-order valence-corrected chi connectivity index (χ4v) is 1.81. The van der Waals surface area contributed by atoms with Crippen LogP contribution in [0.2, 0.25) is 0 Å². The molecule has 16 heavy (non-hydrogen) atoms. The molecule has 0 bridgehead atoms. The zero-order valence-electron chi connectivity index (χ0n) is 8.17. The Hall–Kier alpha value is -1.44. The molecule has 0 aliphatic carbocycles. The third-order valence-electron chi connectivity index (χ3n) is 1.95. The highest BCUT2D eigenvalue weighted by Crippen LogP contribution is 2.11. The fourth-order valence-electron chi connectivity index (χ4n) is 1.28. The summed E-state index contributed by atoms with van der Waals surface area (Å²) < 4.78 is 2.66. The van der Waals surface area contributed by atoms with Crippen molar-refractivity contribution in [2.75, 3.05) is 0 Å². The Morgan fingerprint density at radius 1 is 1.50 bits per heavy atom. The maximum Gasteiger partial charge on any atom is 0.309 e. The predicted octanol–water partition coefficient (Wildman–Crippen LogP) is 1.50. The fraction of sp³-hybridized carbons (Fsp3) is 0.100. The van der Waals surface area contributed by atoms with Crippen LogP contribution in [-0.4, -0.2) is 26.1 Å². The number of halogens is 1. The first-order valence-electron chi connectivity index (χ1n) is 4.54. The van der Waals surface area contributed by atoms with Crippen molar-refractivity contribution in [3.63, 3.8) is 0 Å². The van der Waals surface area contributed by atoms with E-state index < -0.39 is 5.97 Å². The molecule has 1 heterocycles. The van der Waals surface area contributed by atoms with Crippen molar-refractivity contribution in [2.24, 2.45) is 0 Å². The summed E-state index contributed by atoms with van der Waals surface area (Å²) >= 11 is 2.20. The number of hydrogen-bond donors (Lipinski definition) is 1. The highest BCUT2D eigenvalue weighted by Gasteiger charge is 2.06. The first-order chi connectivity index (χ1) is 7.65. The van der Waals surface area contributed by atoms with Gasteiger partial charge in [0.05, 0.1) is 24.0 Å². The number of aromatic nitrogens is 3. The van der Waals surface area contributed by atoms with Crippen LogP contribution < -0.4 is 0 Å². The lowest BCUT2D eigenvalue weighted by Crippen LogP contribution is -1.99. The van der Waals surface area contributed by atoms with Crippen molar-refractivity contribution in [1.29, 1.82) is 0 Å². The molecule has 0 spiro atoms. The molecule has 5 nitrogen and oxygen atoms in total. The quantitative estimate of drug-likeness (QED) is 0.867. The van der Waals surface area contributed by atoms with Crippen LogP contribution in [0.15, 0.2) is 30.5 Å². The van der Waals surface area contributed by atoms with E-state index in [0.29, 0.717) is 5.69 Å².